The summed E-state index contributed by atoms with van der Waals surface area (Å²) in [5, 5.41) is 8.96. The fourth-order valence-electron chi connectivity index (χ4n) is 2.33. The van der Waals surface area contributed by atoms with E-state index in [2.05, 4.69) is 4.74 Å². The number of hydrogen-bond acceptors (Lipinski definition) is 3. The molecule has 0 unspecified atom stereocenters. The van der Waals surface area contributed by atoms with Gasteiger partial charge in [-0.05, 0) is 29.3 Å². The summed E-state index contributed by atoms with van der Waals surface area (Å²) in [6.45, 7) is 0. The summed E-state index contributed by atoms with van der Waals surface area (Å²) < 4.78 is 45.6. The summed E-state index contributed by atoms with van der Waals surface area (Å²) in [7, 11) is 0. The van der Waals surface area contributed by atoms with E-state index < -0.39 is 24.5 Å². The van der Waals surface area contributed by atoms with E-state index in [0.29, 0.717) is 11.1 Å². The predicted octanol–water partition coefficient (Wildman–Crippen LogP) is 2.72. The Balaban J connectivity index is 1.95. The lowest BCUT2D eigenvalue weighted by atomic mass is 9.91. The van der Waals surface area contributed by atoms with E-state index >= 15 is 0 Å². The predicted molar refractivity (Wildman–Crippen MR) is 55.4 cm³/mol. The first-order chi connectivity index (χ1) is 8.85. The Bertz CT molecular complexity index is 591. The van der Waals surface area contributed by atoms with Crippen LogP contribution < -0.4 is 4.74 Å². The maximum absolute atomic E-state index is 12.1. The Morgan fingerprint density at radius 3 is 2.68 bits per heavy atom. The van der Waals surface area contributed by atoms with Gasteiger partial charge in [-0.2, -0.15) is 0 Å². The van der Waals surface area contributed by atoms with Crippen LogP contribution in [0.1, 0.15) is 23.3 Å². The van der Waals surface area contributed by atoms with Crippen LogP contribution in [0.2, 0.25) is 0 Å². The highest BCUT2D eigenvalue weighted by Gasteiger charge is 2.42. The molecular weight excluding hydrogens is 265 g/mol. The Labute approximate surface area is 105 Å². The topological polar surface area (TPSA) is 55.8 Å². The van der Waals surface area contributed by atoms with Crippen LogP contribution >= 0.6 is 0 Å². The highest BCUT2D eigenvalue weighted by atomic mass is 19.4. The van der Waals surface area contributed by atoms with Crippen LogP contribution in [0.5, 0.6) is 5.75 Å². The summed E-state index contributed by atoms with van der Waals surface area (Å²) in [6, 6.07) is 3.81. The lowest BCUT2D eigenvalue weighted by Gasteiger charge is -2.14. The molecule has 19 heavy (non-hydrogen) atoms. The second-order valence-electron chi connectivity index (χ2n) is 4.20. The SMILES string of the molecule is O=C(O)C1=C[C@@H]2O[C@@H]1c1cc(OC(F)(F)F)ccc12. The van der Waals surface area contributed by atoms with Crippen molar-refractivity contribution in [2.45, 2.75) is 18.6 Å². The van der Waals surface area contributed by atoms with Crippen molar-refractivity contribution >= 4 is 5.97 Å². The van der Waals surface area contributed by atoms with Crippen LogP contribution in [0.3, 0.4) is 0 Å². The Morgan fingerprint density at radius 2 is 2.05 bits per heavy atom. The van der Waals surface area contributed by atoms with Gasteiger partial charge in [-0.3, -0.25) is 0 Å². The van der Waals surface area contributed by atoms with E-state index in [-0.39, 0.29) is 11.3 Å². The molecule has 0 fully saturated rings. The van der Waals surface area contributed by atoms with Gasteiger partial charge in [0.05, 0.1) is 5.57 Å². The van der Waals surface area contributed by atoms with E-state index in [0.717, 1.165) is 0 Å². The van der Waals surface area contributed by atoms with Crippen LogP contribution in [0, 0.1) is 0 Å². The van der Waals surface area contributed by atoms with Gasteiger partial charge >= 0.3 is 12.3 Å². The smallest absolute Gasteiger partial charge is 0.478 e. The molecule has 0 aromatic heterocycles. The number of rotatable bonds is 2. The maximum atomic E-state index is 12.1. The second-order valence-corrected chi connectivity index (χ2v) is 4.20. The standard InChI is InChI=1S/C12H7F3O4/c13-12(14,15)19-5-1-2-6-7(3-5)10-8(11(16)17)4-9(6)18-10/h1-4,9-10H,(H,16,17)/t9-,10+/m0/s1. The van der Waals surface area contributed by atoms with Gasteiger partial charge in [0.2, 0.25) is 0 Å². The van der Waals surface area contributed by atoms with Crippen molar-refractivity contribution in [3.05, 3.63) is 41.0 Å². The monoisotopic (exact) mass is 272 g/mol. The first-order valence-corrected chi connectivity index (χ1v) is 5.35. The molecule has 0 aliphatic carbocycles. The molecule has 0 saturated heterocycles. The number of alkyl halides is 3. The molecule has 100 valence electrons. The first-order valence-electron chi connectivity index (χ1n) is 5.35. The molecule has 1 aromatic carbocycles. The van der Waals surface area contributed by atoms with Gasteiger partial charge in [0.25, 0.3) is 0 Å². The van der Waals surface area contributed by atoms with Crippen molar-refractivity contribution in [2.75, 3.05) is 0 Å². The molecule has 2 bridgehead atoms. The molecule has 0 radical (unpaired) electrons. The molecule has 2 aliphatic heterocycles. The van der Waals surface area contributed by atoms with Crippen molar-refractivity contribution in [2.24, 2.45) is 0 Å². The molecule has 2 heterocycles. The van der Waals surface area contributed by atoms with Gasteiger partial charge in [-0.1, -0.05) is 6.07 Å². The molecule has 0 spiro atoms. The summed E-state index contributed by atoms with van der Waals surface area (Å²) in [4.78, 5) is 11.0. The fraction of sp³-hybridized carbons (Fsp3) is 0.250. The summed E-state index contributed by atoms with van der Waals surface area (Å²) >= 11 is 0. The minimum absolute atomic E-state index is 0.0432. The average Bonchev–Trinajstić information content (AvgIpc) is 2.84. The zero-order valence-corrected chi connectivity index (χ0v) is 9.27. The van der Waals surface area contributed by atoms with Crippen molar-refractivity contribution in [1.82, 2.24) is 0 Å². The number of carbonyl (C=O) groups is 1. The number of carboxylic acid groups (broad SMARTS) is 1. The van der Waals surface area contributed by atoms with Crippen LogP contribution in [0.4, 0.5) is 13.2 Å². The minimum Gasteiger partial charge on any atom is -0.478 e. The number of benzene rings is 1. The Morgan fingerprint density at radius 1 is 1.32 bits per heavy atom. The van der Waals surface area contributed by atoms with Crippen molar-refractivity contribution < 1.29 is 32.5 Å². The molecule has 0 saturated carbocycles. The van der Waals surface area contributed by atoms with Gasteiger partial charge in [-0.25, -0.2) is 4.79 Å². The first kappa shape index (κ1) is 12.0. The third-order valence-electron chi connectivity index (χ3n) is 3.02. The number of hydrogen-bond donors (Lipinski definition) is 1. The van der Waals surface area contributed by atoms with Crippen LogP contribution in [0.25, 0.3) is 0 Å². The number of halogens is 3. The summed E-state index contributed by atoms with van der Waals surface area (Å²) in [6.07, 6.45) is -4.65. The van der Waals surface area contributed by atoms with Gasteiger partial charge in [0, 0.05) is 0 Å². The quantitative estimate of drug-likeness (QED) is 0.899. The molecule has 4 nitrogen and oxygen atoms in total. The third kappa shape index (κ3) is 1.95. The maximum Gasteiger partial charge on any atom is 0.573 e. The van der Waals surface area contributed by atoms with Gasteiger partial charge < -0.3 is 14.6 Å². The van der Waals surface area contributed by atoms with Crippen molar-refractivity contribution in [3.63, 3.8) is 0 Å². The van der Waals surface area contributed by atoms with Gasteiger partial charge in [-0.15, -0.1) is 13.2 Å². The molecule has 7 heteroatoms. The van der Waals surface area contributed by atoms with Gasteiger partial charge in [0.1, 0.15) is 18.0 Å². The Hall–Kier alpha value is -2.02. The largest absolute Gasteiger partial charge is 0.573 e. The zero-order chi connectivity index (χ0) is 13.8. The number of carboxylic acids is 1. The van der Waals surface area contributed by atoms with E-state index in [1.807, 2.05) is 0 Å². The number of ether oxygens (including phenoxy) is 2. The molecule has 1 aromatic rings. The summed E-state index contributed by atoms with van der Waals surface area (Å²) in [5.74, 6) is -1.52. The highest BCUT2D eigenvalue weighted by Crippen LogP contribution is 2.50. The van der Waals surface area contributed by atoms with E-state index in [9.17, 15) is 18.0 Å². The van der Waals surface area contributed by atoms with Gasteiger partial charge in [0.15, 0.2) is 0 Å². The van der Waals surface area contributed by atoms with E-state index in [4.69, 9.17) is 9.84 Å². The van der Waals surface area contributed by atoms with Crippen LogP contribution in [-0.2, 0) is 9.53 Å². The lowest BCUT2D eigenvalue weighted by molar-refractivity contribution is -0.274. The molecule has 2 aliphatic rings. The minimum atomic E-state index is -4.78. The normalized spacial score (nSPS) is 24.1. The summed E-state index contributed by atoms with van der Waals surface area (Å²) in [5.41, 5.74) is 1.12. The van der Waals surface area contributed by atoms with Crippen molar-refractivity contribution in [1.29, 1.82) is 0 Å². The second kappa shape index (κ2) is 3.74. The molecule has 3 rings (SSSR count). The van der Waals surface area contributed by atoms with Crippen molar-refractivity contribution in [3.8, 4) is 5.75 Å². The third-order valence-corrected chi connectivity index (χ3v) is 3.02. The molecule has 0 amide bonds. The average molecular weight is 272 g/mol. The fourth-order valence-corrected chi connectivity index (χ4v) is 2.33. The molecule has 1 N–H and O–H groups in total. The highest BCUT2D eigenvalue weighted by molar-refractivity contribution is 5.89. The van der Waals surface area contributed by atoms with E-state index in [1.54, 1.807) is 0 Å². The molecule has 2 atom stereocenters. The van der Waals surface area contributed by atoms with Crippen LogP contribution in [-0.4, -0.2) is 17.4 Å². The lowest BCUT2D eigenvalue weighted by Crippen LogP contribution is -2.17. The number of fused-ring (bicyclic) bond motifs is 5. The Kier molecular flexibility index (Phi) is 2.37. The van der Waals surface area contributed by atoms with Crippen LogP contribution in [0.15, 0.2) is 29.8 Å². The van der Waals surface area contributed by atoms with E-state index in [1.165, 1.54) is 24.3 Å². The molecular formula is C12H7F3O4. The zero-order valence-electron chi connectivity index (χ0n) is 9.27. The number of aliphatic carboxylic acids is 1.